The van der Waals surface area contributed by atoms with Gasteiger partial charge in [0.15, 0.2) is 0 Å². The van der Waals surface area contributed by atoms with Gasteiger partial charge >= 0.3 is 0 Å². The molecule has 1 aromatic carbocycles. The molecule has 0 aromatic heterocycles. The van der Waals surface area contributed by atoms with Crippen molar-refractivity contribution in [1.82, 2.24) is 9.80 Å². The highest BCUT2D eigenvalue weighted by atomic mass is 15.3. The molecule has 2 rings (SSSR count). The summed E-state index contributed by atoms with van der Waals surface area (Å²) >= 11 is 0. The van der Waals surface area contributed by atoms with Crippen LogP contribution in [0.1, 0.15) is 18.0 Å². The predicted molar refractivity (Wildman–Crippen MR) is 73.0 cm³/mol. The molecule has 0 N–H and O–H groups in total. The molecule has 1 saturated heterocycles. The minimum atomic E-state index is -0.153. The summed E-state index contributed by atoms with van der Waals surface area (Å²) < 4.78 is 0. The maximum Gasteiger partial charge on any atom is 0.123 e. The van der Waals surface area contributed by atoms with Gasteiger partial charge in [0.2, 0.25) is 0 Å². The second-order valence-electron chi connectivity index (χ2n) is 4.73. The molecule has 1 heterocycles. The maximum atomic E-state index is 9.39. The van der Waals surface area contributed by atoms with Crippen LogP contribution in [-0.2, 0) is 0 Å². The Kier molecular flexibility index (Phi) is 4.92. The third kappa shape index (κ3) is 3.54. The normalized spacial score (nSPS) is 18.4. The molecule has 1 aromatic rings. The van der Waals surface area contributed by atoms with Crippen LogP contribution in [0.15, 0.2) is 30.3 Å². The number of benzene rings is 1. The van der Waals surface area contributed by atoms with Crippen LogP contribution in [0.2, 0.25) is 0 Å². The van der Waals surface area contributed by atoms with E-state index >= 15 is 0 Å². The Bertz CT molecular complexity index is 463. The molecule has 0 spiro atoms. The number of hydrogen-bond donors (Lipinski definition) is 0. The van der Waals surface area contributed by atoms with E-state index in [0.717, 1.165) is 38.3 Å². The van der Waals surface area contributed by atoms with E-state index in [0.29, 0.717) is 6.42 Å². The van der Waals surface area contributed by atoms with Crippen molar-refractivity contribution in [2.24, 2.45) is 0 Å². The molecule has 1 atom stereocenters. The SMILES string of the molecule is N#CCCN1CCN(C(C#N)c2ccccc2)CC1. The van der Waals surface area contributed by atoms with Crippen molar-refractivity contribution in [3.05, 3.63) is 35.9 Å². The van der Waals surface area contributed by atoms with E-state index < -0.39 is 0 Å². The molecule has 4 nitrogen and oxygen atoms in total. The molecular formula is C15H18N4. The van der Waals surface area contributed by atoms with Crippen LogP contribution in [0.25, 0.3) is 0 Å². The van der Waals surface area contributed by atoms with Gasteiger partial charge in [0.25, 0.3) is 0 Å². The summed E-state index contributed by atoms with van der Waals surface area (Å²) in [6, 6.07) is 14.4. The Morgan fingerprint density at radius 1 is 1.05 bits per heavy atom. The summed E-state index contributed by atoms with van der Waals surface area (Å²) in [6.45, 7) is 4.49. The number of hydrogen-bond acceptors (Lipinski definition) is 4. The fourth-order valence-corrected chi connectivity index (χ4v) is 2.46. The quantitative estimate of drug-likeness (QED) is 0.822. The third-order valence-corrected chi connectivity index (χ3v) is 3.55. The summed E-state index contributed by atoms with van der Waals surface area (Å²) in [6.07, 6.45) is 0.584. The largest absolute Gasteiger partial charge is 0.300 e. The Labute approximate surface area is 114 Å². The highest BCUT2D eigenvalue weighted by molar-refractivity contribution is 5.24. The second-order valence-corrected chi connectivity index (χ2v) is 4.73. The van der Waals surface area contributed by atoms with Gasteiger partial charge < -0.3 is 0 Å². The van der Waals surface area contributed by atoms with Crippen molar-refractivity contribution >= 4 is 0 Å². The molecule has 1 unspecified atom stereocenters. The molecule has 1 fully saturated rings. The molecule has 98 valence electrons. The van der Waals surface area contributed by atoms with Gasteiger partial charge in [-0.15, -0.1) is 0 Å². The molecule has 0 bridgehead atoms. The van der Waals surface area contributed by atoms with Crippen molar-refractivity contribution in [2.45, 2.75) is 12.5 Å². The first-order chi connectivity index (χ1) is 9.35. The van der Waals surface area contributed by atoms with E-state index in [4.69, 9.17) is 5.26 Å². The molecule has 1 aliphatic heterocycles. The molecule has 0 amide bonds. The van der Waals surface area contributed by atoms with Gasteiger partial charge in [0.05, 0.1) is 12.1 Å². The smallest absolute Gasteiger partial charge is 0.123 e. The number of nitriles is 2. The summed E-state index contributed by atoms with van der Waals surface area (Å²) in [5.41, 5.74) is 1.07. The standard InChI is InChI=1S/C15H18N4/c16-7-4-8-18-9-11-19(12-10-18)15(13-17)14-5-2-1-3-6-14/h1-3,5-6,15H,4,8-12H2. The van der Waals surface area contributed by atoms with Crippen LogP contribution in [0.3, 0.4) is 0 Å². The second kappa shape index (κ2) is 6.89. The van der Waals surface area contributed by atoms with Gasteiger partial charge in [-0.05, 0) is 5.56 Å². The highest BCUT2D eigenvalue weighted by Gasteiger charge is 2.24. The van der Waals surface area contributed by atoms with Crippen LogP contribution >= 0.6 is 0 Å². The summed E-state index contributed by atoms with van der Waals surface area (Å²) in [5.74, 6) is 0. The summed E-state index contributed by atoms with van der Waals surface area (Å²) in [4.78, 5) is 4.51. The molecule has 4 heteroatoms. The topological polar surface area (TPSA) is 54.1 Å². The average molecular weight is 254 g/mol. The zero-order valence-corrected chi connectivity index (χ0v) is 11.0. The average Bonchev–Trinajstić information content (AvgIpc) is 2.48. The first-order valence-electron chi connectivity index (χ1n) is 6.63. The fraction of sp³-hybridized carbons (Fsp3) is 0.467. The highest BCUT2D eigenvalue weighted by Crippen LogP contribution is 2.21. The lowest BCUT2D eigenvalue weighted by Crippen LogP contribution is -2.47. The Hall–Kier alpha value is -1.88. The Morgan fingerprint density at radius 3 is 2.32 bits per heavy atom. The van der Waals surface area contributed by atoms with Crippen LogP contribution in [0, 0.1) is 22.7 Å². The Balaban J connectivity index is 1.93. The van der Waals surface area contributed by atoms with Crippen LogP contribution in [-0.4, -0.2) is 42.5 Å². The van der Waals surface area contributed by atoms with Crippen LogP contribution in [0.5, 0.6) is 0 Å². The lowest BCUT2D eigenvalue weighted by Gasteiger charge is -2.36. The van der Waals surface area contributed by atoms with Crippen molar-refractivity contribution in [2.75, 3.05) is 32.7 Å². The molecule has 0 saturated carbocycles. The van der Waals surface area contributed by atoms with E-state index in [2.05, 4.69) is 21.9 Å². The zero-order chi connectivity index (χ0) is 13.5. The number of nitrogens with zero attached hydrogens (tertiary/aromatic N) is 4. The van der Waals surface area contributed by atoms with Gasteiger partial charge in [0, 0.05) is 39.1 Å². The van der Waals surface area contributed by atoms with Gasteiger partial charge in [-0.3, -0.25) is 9.80 Å². The van der Waals surface area contributed by atoms with E-state index in [1.54, 1.807) is 0 Å². The number of piperazine rings is 1. The van der Waals surface area contributed by atoms with Gasteiger partial charge in [-0.25, -0.2) is 0 Å². The maximum absolute atomic E-state index is 9.39. The molecule has 0 aliphatic carbocycles. The lowest BCUT2D eigenvalue weighted by atomic mass is 10.1. The predicted octanol–water partition coefficient (Wildman–Crippen LogP) is 1.78. The fourth-order valence-electron chi connectivity index (χ4n) is 2.46. The van der Waals surface area contributed by atoms with E-state index in [1.807, 2.05) is 30.3 Å². The third-order valence-electron chi connectivity index (χ3n) is 3.55. The summed E-state index contributed by atoms with van der Waals surface area (Å²) in [7, 11) is 0. The van der Waals surface area contributed by atoms with Crippen LogP contribution in [0.4, 0.5) is 0 Å². The van der Waals surface area contributed by atoms with Gasteiger partial charge in [-0.1, -0.05) is 30.3 Å². The van der Waals surface area contributed by atoms with E-state index in [-0.39, 0.29) is 6.04 Å². The monoisotopic (exact) mass is 254 g/mol. The first-order valence-corrected chi connectivity index (χ1v) is 6.63. The zero-order valence-electron chi connectivity index (χ0n) is 11.0. The first kappa shape index (κ1) is 13.5. The van der Waals surface area contributed by atoms with Crippen molar-refractivity contribution in [3.8, 4) is 12.1 Å². The molecule has 19 heavy (non-hydrogen) atoms. The minimum absolute atomic E-state index is 0.153. The minimum Gasteiger partial charge on any atom is -0.300 e. The Morgan fingerprint density at radius 2 is 1.74 bits per heavy atom. The molecule has 1 aliphatic rings. The van der Waals surface area contributed by atoms with Crippen molar-refractivity contribution in [3.63, 3.8) is 0 Å². The van der Waals surface area contributed by atoms with E-state index in [1.165, 1.54) is 0 Å². The van der Waals surface area contributed by atoms with Crippen molar-refractivity contribution < 1.29 is 0 Å². The van der Waals surface area contributed by atoms with Gasteiger partial charge in [-0.2, -0.15) is 10.5 Å². The lowest BCUT2D eigenvalue weighted by molar-refractivity contribution is 0.116. The number of rotatable bonds is 4. The molecular weight excluding hydrogens is 236 g/mol. The van der Waals surface area contributed by atoms with E-state index in [9.17, 15) is 5.26 Å². The van der Waals surface area contributed by atoms with Crippen molar-refractivity contribution in [1.29, 1.82) is 10.5 Å². The summed E-state index contributed by atoms with van der Waals surface area (Å²) in [5, 5.41) is 18.0. The van der Waals surface area contributed by atoms with Crippen LogP contribution < -0.4 is 0 Å². The van der Waals surface area contributed by atoms with Gasteiger partial charge in [0.1, 0.15) is 6.04 Å². The molecule has 0 radical (unpaired) electrons.